The van der Waals surface area contributed by atoms with E-state index in [1.807, 2.05) is 6.08 Å². The van der Waals surface area contributed by atoms with Gasteiger partial charge in [0.2, 0.25) is 0 Å². The second-order valence-corrected chi connectivity index (χ2v) is 20.6. The first-order chi connectivity index (χ1) is 38.0. The maximum Gasteiger partial charge on any atom is 0.310 e. The van der Waals surface area contributed by atoms with E-state index in [0.717, 1.165) is 109 Å². The van der Waals surface area contributed by atoms with Crippen LogP contribution in [0.4, 0.5) is 0 Å². The molecule has 0 rings (SSSR count). The van der Waals surface area contributed by atoms with E-state index in [0.29, 0.717) is 19.3 Å². The molecule has 6 nitrogen and oxygen atoms in total. The van der Waals surface area contributed by atoms with Crippen LogP contribution in [0, 0.1) is 0 Å². The van der Waals surface area contributed by atoms with E-state index in [1.165, 1.54) is 122 Å². The molecule has 0 aromatic heterocycles. The number of hydrogen-bond acceptors (Lipinski definition) is 6. The first-order valence-electron chi connectivity index (χ1n) is 31.7. The molecule has 0 saturated heterocycles. The molecule has 0 aliphatic heterocycles. The summed E-state index contributed by atoms with van der Waals surface area (Å²) in [5.74, 6) is -1.06. The number of esters is 3. The van der Waals surface area contributed by atoms with Crippen LogP contribution >= 0.6 is 0 Å². The monoisotopic (exact) mass is 1060 g/mol. The van der Waals surface area contributed by atoms with Gasteiger partial charge in [0.05, 0.1) is 6.42 Å². The summed E-state index contributed by atoms with van der Waals surface area (Å²) in [5.41, 5.74) is 0. The highest BCUT2D eigenvalue weighted by Crippen LogP contribution is 2.15. The summed E-state index contributed by atoms with van der Waals surface area (Å²) in [6.45, 7) is 6.32. The number of ether oxygens (including phenoxy) is 3. The van der Waals surface area contributed by atoms with Crippen molar-refractivity contribution >= 4 is 17.9 Å². The van der Waals surface area contributed by atoms with E-state index in [-0.39, 0.29) is 31.6 Å². The lowest BCUT2D eigenvalue weighted by molar-refractivity contribution is -0.166. The van der Waals surface area contributed by atoms with Crippen LogP contribution in [0.2, 0.25) is 0 Å². The fourth-order valence-corrected chi connectivity index (χ4v) is 8.48. The third-order valence-corrected chi connectivity index (χ3v) is 13.2. The number of carbonyl (C=O) groups excluding carboxylic acids is 3. The number of rotatable bonds is 56. The maximum absolute atomic E-state index is 12.8. The van der Waals surface area contributed by atoms with Gasteiger partial charge in [-0.15, -0.1) is 0 Å². The van der Waals surface area contributed by atoms with Crippen molar-refractivity contribution in [1.82, 2.24) is 0 Å². The van der Waals surface area contributed by atoms with Crippen LogP contribution in [0.3, 0.4) is 0 Å². The topological polar surface area (TPSA) is 78.9 Å². The smallest absolute Gasteiger partial charge is 0.310 e. The molecule has 0 fully saturated rings. The van der Waals surface area contributed by atoms with Crippen LogP contribution in [0.1, 0.15) is 278 Å². The zero-order valence-electron chi connectivity index (χ0n) is 49.9. The molecule has 6 heteroatoms. The summed E-state index contributed by atoms with van der Waals surface area (Å²) in [6.07, 6.45) is 90.6. The van der Waals surface area contributed by atoms with Crippen molar-refractivity contribution in [2.75, 3.05) is 13.2 Å². The van der Waals surface area contributed by atoms with Crippen LogP contribution in [-0.4, -0.2) is 37.2 Å². The highest BCUT2D eigenvalue weighted by Gasteiger charge is 2.19. The largest absolute Gasteiger partial charge is 0.462 e. The number of unbranched alkanes of at least 4 members (excludes halogenated alkanes) is 24. The molecule has 0 radical (unpaired) electrons. The van der Waals surface area contributed by atoms with Gasteiger partial charge in [-0.3, -0.25) is 14.4 Å². The van der Waals surface area contributed by atoms with Crippen molar-refractivity contribution in [3.05, 3.63) is 134 Å². The third-order valence-electron chi connectivity index (χ3n) is 13.2. The van der Waals surface area contributed by atoms with Gasteiger partial charge in [-0.05, 0) is 116 Å². The second-order valence-electron chi connectivity index (χ2n) is 20.6. The van der Waals surface area contributed by atoms with Gasteiger partial charge in [0.1, 0.15) is 13.2 Å². The normalized spacial score (nSPS) is 13.0. The Kier molecular flexibility index (Phi) is 60.4. The van der Waals surface area contributed by atoms with Gasteiger partial charge in [0, 0.05) is 12.8 Å². The molecule has 0 aliphatic rings. The van der Waals surface area contributed by atoms with E-state index in [9.17, 15) is 14.4 Å². The molecule has 0 heterocycles. The minimum absolute atomic E-state index is 0.0916. The third kappa shape index (κ3) is 62.3. The molecule has 0 aliphatic carbocycles. The summed E-state index contributed by atoms with van der Waals surface area (Å²) in [7, 11) is 0. The van der Waals surface area contributed by atoms with Crippen LogP contribution in [0.25, 0.3) is 0 Å². The second kappa shape index (κ2) is 64.1. The van der Waals surface area contributed by atoms with E-state index in [1.54, 1.807) is 6.08 Å². The predicted octanol–water partition coefficient (Wildman–Crippen LogP) is 21.8. The minimum atomic E-state index is -0.840. The Bertz CT molecular complexity index is 1650. The van der Waals surface area contributed by atoms with E-state index < -0.39 is 12.1 Å². The summed E-state index contributed by atoms with van der Waals surface area (Å²) in [4.78, 5) is 38.2. The molecule has 436 valence electrons. The lowest BCUT2D eigenvalue weighted by Crippen LogP contribution is -2.30. The van der Waals surface area contributed by atoms with Crippen molar-refractivity contribution < 1.29 is 28.6 Å². The zero-order chi connectivity index (χ0) is 55.7. The van der Waals surface area contributed by atoms with Crippen molar-refractivity contribution in [3.8, 4) is 0 Å². The molecule has 0 spiro atoms. The molecule has 0 saturated carbocycles. The van der Waals surface area contributed by atoms with Gasteiger partial charge in [0.15, 0.2) is 6.10 Å². The molecule has 0 aromatic rings. The average Bonchev–Trinajstić information content (AvgIpc) is 3.43. The van der Waals surface area contributed by atoms with Crippen molar-refractivity contribution in [2.45, 2.75) is 284 Å². The van der Waals surface area contributed by atoms with Crippen LogP contribution in [0.15, 0.2) is 134 Å². The molecule has 1 atom stereocenters. The van der Waals surface area contributed by atoms with Gasteiger partial charge in [-0.25, -0.2) is 0 Å². The van der Waals surface area contributed by atoms with Gasteiger partial charge in [0.25, 0.3) is 0 Å². The fraction of sp³-hybridized carbons (Fsp3) is 0.648. The molecular formula is C71H116O6. The average molecular weight is 1070 g/mol. The van der Waals surface area contributed by atoms with Crippen LogP contribution < -0.4 is 0 Å². The Morgan fingerprint density at radius 2 is 0.545 bits per heavy atom. The molecule has 0 N–H and O–H groups in total. The Hall–Kier alpha value is -4.45. The molecule has 77 heavy (non-hydrogen) atoms. The minimum Gasteiger partial charge on any atom is -0.462 e. The maximum atomic E-state index is 12.8. The van der Waals surface area contributed by atoms with Gasteiger partial charge in [-0.2, -0.15) is 0 Å². The van der Waals surface area contributed by atoms with E-state index in [4.69, 9.17) is 14.2 Å². The highest BCUT2D eigenvalue weighted by molar-refractivity contribution is 5.72. The highest BCUT2D eigenvalue weighted by atomic mass is 16.6. The summed E-state index contributed by atoms with van der Waals surface area (Å²) < 4.78 is 16.8. The van der Waals surface area contributed by atoms with Crippen LogP contribution in [0.5, 0.6) is 0 Å². The summed E-state index contributed by atoms with van der Waals surface area (Å²) in [5, 5.41) is 0. The standard InChI is InChI=1S/C71H116O6/c1-4-7-10-13-16-19-22-25-28-29-30-31-32-33-34-35-36-37-38-39-40-41-44-46-49-52-55-58-61-64-70(73)76-67-68(77-71(74)65-62-59-56-53-50-47-43-27-24-21-18-15-12-9-6-3)66-75-69(72)63-60-57-54-51-48-45-42-26-23-20-17-14-11-8-5-2/h7,9-10,12,16,18-19,21,25-28,30-31,33-34,42-43,50,53,59,62,68H,4-6,8,11,13-15,17,20,22-24,29,32,35-41,44-49,51-52,54-58,60-61,63-67H2,1-3H3/b10-7-,12-9-,19-16-,21-18-,28-25-,31-30-,34-33-,42-26-,43-27-,53-50-,62-59-. The predicted molar refractivity (Wildman–Crippen MR) is 334 cm³/mol. The van der Waals surface area contributed by atoms with Gasteiger partial charge < -0.3 is 14.2 Å². The summed E-state index contributed by atoms with van der Waals surface area (Å²) >= 11 is 0. The lowest BCUT2D eigenvalue weighted by Gasteiger charge is -2.18. The first kappa shape index (κ1) is 72.5. The Morgan fingerprint density at radius 1 is 0.286 bits per heavy atom. The molecular weight excluding hydrogens is 949 g/mol. The van der Waals surface area contributed by atoms with Crippen molar-refractivity contribution in [2.24, 2.45) is 0 Å². The molecule has 0 bridgehead atoms. The lowest BCUT2D eigenvalue weighted by atomic mass is 10.0. The summed E-state index contributed by atoms with van der Waals surface area (Å²) in [6, 6.07) is 0. The van der Waals surface area contributed by atoms with Gasteiger partial charge in [-0.1, -0.05) is 276 Å². The van der Waals surface area contributed by atoms with E-state index in [2.05, 4.69) is 142 Å². The van der Waals surface area contributed by atoms with E-state index >= 15 is 0 Å². The van der Waals surface area contributed by atoms with Crippen molar-refractivity contribution in [3.63, 3.8) is 0 Å². The zero-order valence-corrected chi connectivity index (χ0v) is 49.9. The first-order valence-corrected chi connectivity index (χ1v) is 31.7. The molecule has 0 aromatic carbocycles. The number of hydrogen-bond donors (Lipinski definition) is 0. The SMILES string of the molecule is CC/C=C\C/C=C\C/C=C\C/C=C\C/C=C\CCCCCCCCCCCCCCCC(=O)OCC(COC(=O)CCCCCCC/C=C\CCCCCCCC)OC(=O)C/C=C\C/C=C\C/C=C\C/C=C\C/C=C\CC. The van der Waals surface area contributed by atoms with Crippen LogP contribution in [-0.2, 0) is 28.6 Å². The molecule has 0 amide bonds. The quantitative estimate of drug-likeness (QED) is 0.0261. The van der Waals surface area contributed by atoms with Gasteiger partial charge >= 0.3 is 17.9 Å². The number of allylic oxidation sites excluding steroid dienone is 21. The Morgan fingerprint density at radius 3 is 0.870 bits per heavy atom. The molecule has 1 unspecified atom stereocenters. The Balaban J connectivity index is 4.35. The van der Waals surface area contributed by atoms with Crippen molar-refractivity contribution in [1.29, 1.82) is 0 Å². The Labute approximate surface area is 475 Å². The fourth-order valence-electron chi connectivity index (χ4n) is 8.48. The number of carbonyl (C=O) groups is 3.